The first kappa shape index (κ1) is 29.0. The Morgan fingerprint density at radius 3 is 2.08 bits per heavy atom. The SMILES string of the molecule is CCCC(CC)c1cc(C2CCCCC2)cc(C2CCCCC2)c1C[C@@]1(C)C(F)=C(F)C(S)C(F)C1F. The Kier molecular flexibility index (Phi) is 9.78. The quantitative estimate of drug-likeness (QED) is 0.247. The molecule has 0 heterocycles. The summed E-state index contributed by atoms with van der Waals surface area (Å²) in [5.41, 5.74) is 2.85. The molecule has 37 heavy (non-hydrogen) atoms. The molecule has 0 aromatic heterocycles. The van der Waals surface area contributed by atoms with E-state index >= 15 is 8.78 Å². The van der Waals surface area contributed by atoms with E-state index in [-0.39, 0.29) is 12.3 Å². The van der Waals surface area contributed by atoms with Crippen molar-refractivity contribution in [2.75, 3.05) is 0 Å². The van der Waals surface area contributed by atoms with Crippen LogP contribution in [-0.4, -0.2) is 17.6 Å². The summed E-state index contributed by atoms with van der Waals surface area (Å²) in [6.07, 6.45) is 10.4. The van der Waals surface area contributed by atoms with Crippen LogP contribution in [0.1, 0.15) is 144 Å². The lowest BCUT2D eigenvalue weighted by Crippen LogP contribution is -2.47. The highest BCUT2D eigenvalue weighted by molar-refractivity contribution is 7.81. The first-order valence-electron chi connectivity index (χ1n) is 14.9. The van der Waals surface area contributed by atoms with Gasteiger partial charge in [0.1, 0.15) is 17.8 Å². The van der Waals surface area contributed by atoms with E-state index in [9.17, 15) is 8.78 Å². The Morgan fingerprint density at radius 2 is 1.51 bits per heavy atom. The molecule has 0 aliphatic heterocycles. The summed E-state index contributed by atoms with van der Waals surface area (Å²) < 4.78 is 60.9. The van der Waals surface area contributed by atoms with Crippen LogP contribution < -0.4 is 0 Å². The standard InChI is InChI=1S/C32H46F4S/c1-4-12-20(5-2)24-17-23(21-13-8-6-9-14-21)18-25(22-15-10-7-11-16-22)26(24)19-32(3)30(35)27(33)29(37)28(34)31(32)36/h17-18,20-22,27,29-30,37H,4-16,19H2,1-3H3/t20?,27?,29?,30?,32-/m1/s1. The summed E-state index contributed by atoms with van der Waals surface area (Å²) >= 11 is 3.86. The molecule has 2 saturated carbocycles. The van der Waals surface area contributed by atoms with E-state index < -0.39 is 34.7 Å². The molecule has 5 atom stereocenters. The molecular weight excluding hydrogens is 492 g/mol. The Morgan fingerprint density at radius 1 is 0.919 bits per heavy atom. The molecule has 0 amide bonds. The average molecular weight is 539 g/mol. The van der Waals surface area contributed by atoms with Crippen molar-refractivity contribution in [2.45, 2.75) is 146 Å². The van der Waals surface area contributed by atoms with Crippen molar-refractivity contribution in [3.8, 4) is 0 Å². The zero-order chi connectivity index (χ0) is 26.7. The molecule has 0 spiro atoms. The summed E-state index contributed by atoms with van der Waals surface area (Å²) in [7, 11) is 0. The fraction of sp³-hybridized carbons (Fsp3) is 0.750. The Hall–Kier alpha value is -0.970. The fourth-order valence-electron chi connectivity index (χ4n) is 7.40. The van der Waals surface area contributed by atoms with Crippen molar-refractivity contribution >= 4 is 12.6 Å². The highest BCUT2D eigenvalue weighted by Gasteiger charge is 2.53. The zero-order valence-corrected chi connectivity index (χ0v) is 23.9. The van der Waals surface area contributed by atoms with E-state index in [1.807, 2.05) is 0 Å². The third-order valence-electron chi connectivity index (χ3n) is 9.74. The smallest absolute Gasteiger partial charge is 0.150 e. The lowest BCUT2D eigenvalue weighted by atomic mass is 9.67. The third-order valence-corrected chi connectivity index (χ3v) is 10.2. The van der Waals surface area contributed by atoms with Gasteiger partial charge in [-0.1, -0.05) is 70.9 Å². The Labute approximate surface area is 227 Å². The van der Waals surface area contributed by atoms with Gasteiger partial charge in [0.25, 0.3) is 0 Å². The maximum absolute atomic E-state index is 15.6. The molecule has 1 aromatic rings. The van der Waals surface area contributed by atoms with Crippen LogP contribution >= 0.6 is 12.6 Å². The van der Waals surface area contributed by atoms with Crippen molar-refractivity contribution < 1.29 is 17.6 Å². The van der Waals surface area contributed by atoms with Crippen LogP contribution in [0, 0.1) is 5.41 Å². The van der Waals surface area contributed by atoms with Crippen molar-refractivity contribution in [1.82, 2.24) is 0 Å². The highest BCUT2D eigenvalue weighted by atomic mass is 32.1. The van der Waals surface area contributed by atoms with Crippen LogP contribution in [0.15, 0.2) is 23.8 Å². The molecule has 0 bridgehead atoms. The van der Waals surface area contributed by atoms with E-state index in [1.54, 1.807) is 0 Å². The number of alkyl halides is 2. The minimum atomic E-state index is -2.17. The first-order valence-corrected chi connectivity index (χ1v) is 15.4. The molecule has 0 N–H and O–H groups in total. The van der Waals surface area contributed by atoms with Gasteiger partial charge in [0.2, 0.25) is 0 Å². The number of hydrogen-bond acceptors (Lipinski definition) is 1. The van der Waals surface area contributed by atoms with Crippen LogP contribution in [0.25, 0.3) is 0 Å². The summed E-state index contributed by atoms with van der Waals surface area (Å²) in [5, 5.41) is -1.68. The van der Waals surface area contributed by atoms with Gasteiger partial charge in [0.15, 0.2) is 6.17 Å². The van der Waals surface area contributed by atoms with Gasteiger partial charge in [-0.05, 0) is 91.9 Å². The predicted octanol–water partition coefficient (Wildman–Crippen LogP) is 10.8. The monoisotopic (exact) mass is 538 g/mol. The Balaban J connectivity index is 1.90. The van der Waals surface area contributed by atoms with E-state index in [4.69, 9.17) is 0 Å². The van der Waals surface area contributed by atoms with Crippen molar-refractivity contribution in [2.24, 2.45) is 5.41 Å². The molecule has 4 rings (SSSR count). The summed E-state index contributed by atoms with van der Waals surface area (Å²) in [4.78, 5) is 0. The molecule has 1 aromatic carbocycles. The molecule has 3 aliphatic rings. The number of hydrogen-bond donors (Lipinski definition) is 1. The van der Waals surface area contributed by atoms with E-state index in [0.29, 0.717) is 11.8 Å². The van der Waals surface area contributed by atoms with E-state index in [2.05, 4.69) is 38.6 Å². The minimum absolute atomic E-state index is 0.0132. The molecule has 0 nitrogen and oxygen atoms in total. The summed E-state index contributed by atoms with van der Waals surface area (Å²) in [6.45, 7) is 5.73. The van der Waals surface area contributed by atoms with Gasteiger partial charge in [-0.15, -0.1) is 0 Å². The lowest BCUT2D eigenvalue weighted by Gasteiger charge is -2.41. The van der Waals surface area contributed by atoms with Gasteiger partial charge in [-0.3, -0.25) is 0 Å². The summed E-state index contributed by atoms with van der Waals surface area (Å²) in [5.74, 6) is -1.27. The fourth-order valence-corrected chi connectivity index (χ4v) is 7.67. The van der Waals surface area contributed by atoms with Crippen molar-refractivity contribution in [1.29, 1.82) is 0 Å². The van der Waals surface area contributed by atoms with Crippen LogP contribution in [0.4, 0.5) is 17.6 Å². The number of halogens is 4. The zero-order valence-electron chi connectivity index (χ0n) is 23.0. The van der Waals surface area contributed by atoms with Crippen molar-refractivity contribution in [3.63, 3.8) is 0 Å². The highest BCUT2D eigenvalue weighted by Crippen LogP contribution is 2.51. The number of rotatable bonds is 8. The molecule has 5 heteroatoms. The van der Waals surface area contributed by atoms with E-state index in [0.717, 1.165) is 50.5 Å². The third kappa shape index (κ3) is 5.82. The second kappa shape index (κ2) is 12.5. The number of thiol groups is 1. The molecule has 3 aliphatic carbocycles. The van der Waals surface area contributed by atoms with Crippen molar-refractivity contribution in [3.05, 3.63) is 46.0 Å². The molecule has 0 saturated heterocycles. The lowest BCUT2D eigenvalue weighted by molar-refractivity contribution is 0.0344. The first-order chi connectivity index (χ1) is 17.7. The van der Waals surface area contributed by atoms with Gasteiger partial charge in [-0.2, -0.15) is 12.6 Å². The minimum Gasteiger partial charge on any atom is -0.243 e. The van der Waals surface area contributed by atoms with Crippen LogP contribution in [0.2, 0.25) is 0 Å². The van der Waals surface area contributed by atoms with Gasteiger partial charge >= 0.3 is 0 Å². The average Bonchev–Trinajstić information content (AvgIpc) is 2.94. The topological polar surface area (TPSA) is 0 Å². The number of allylic oxidation sites excluding steroid dienone is 1. The van der Waals surface area contributed by atoms with Crippen LogP contribution in [0.3, 0.4) is 0 Å². The van der Waals surface area contributed by atoms with Crippen LogP contribution in [-0.2, 0) is 6.42 Å². The molecule has 2 fully saturated rings. The summed E-state index contributed by atoms with van der Waals surface area (Å²) in [6, 6.07) is 4.67. The second-order valence-electron chi connectivity index (χ2n) is 12.3. The normalized spacial score (nSPS) is 31.1. The number of benzene rings is 1. The maximum Gasteiger partial charge on any atom is 0.150 e. The van der Waals surface area contributed by atoms with Gasteiger partial charge in [0.05, 0.1) is 10.7 Å². The predicted molar refractivity (Wildman–Crippen MR) is 150 cm³/mol. The molecule has 208 valence electrons. The maximum atomic E-state index is 15.6. The molecule has 4 unspecified atom stereocenters. The molecular formula is C32H46F4S. The largest absolute Gasteiger partial charge is 0.243 e. The van der Waals surface area contributed by atoms with Gasteiger partial charge < -0.3 is 0 Å². The Bertz CT molecular complexity index is 920. The molecule has 0 radical (unpaired) electrons. The van der Waals surface area contributed by atoms with Gasteiger partial charge in [0, 0.05) is 0 Å². The van der Waals surface area contributed by atoms with Gasteiger partial charge in [-0.25, -0.2) is 17.6 Å². The van der Waals surface area contributed by atoms with E-state index in [1.165, 1.54) is 62.1 Å². The second-order valence-corrected chi connectivity index (χ2v) is 12.8. The van der Waals surface area contributed by atoms with Crippen LogP contribution in [0.5, 0.6) is 0 Å².